The molecule has 41 heavy (non-hydrogen) atoms. The third-order valence-electron chi connectivity index (χ3n) is 10.7. The van der Waals surface area contributed by atoms with E-state index in [0.29, 0.717) is 18.7 Å². The van der Waals surface area contributed by atoms with E-state index in [9.17, 15) is 0 Å². The molecule has 2 saturated carbocycles. The van der Waals surface area contributed by atoms with Gasteiger partial charge in [-0.1, -0.05) is 115 Å². The maximum Gasteiger partial charge on any atom is 0.127 e. The van der Waals surface area contributed by atoms with Crippen LogP contribution in [0.5, 0.6) is 5.75 Å². The third-order valence-corrected chi connectivity index (χ3v) is 10.7. The molecule has 6 atom stereocenters. The summed E-state index contributed by atoms with van der Waals surface area (Å²) in [6.45, 7) is 16.7. The summed E-state index contributed by atoms with van der Waals surface area (Å²) in [5.74, 6) is 5.68. The van der Waals surface area contributed by atoms with E-state index in [0.717, 1.165) is 54.2 Å². The maximum atomic E-state index is 6.43. The molecule has 3 aromatic rings. The molecule has 2 aliphatic rings. The largest absolute Gasteiger partial charge is 0.493 e. The molecule has 3 aromatic carbocycles. The van der Waals surface area contributed by atoms with Crippen molar-refractivity contribution in [1.29, 1.82) is 0 Å². The molecule has 0 radical (unpaired) electrons. The van der Waals surface area contributed by atoms with E-state index in [1.54, 1.807) is 0 Å². The molecule has 0 aromatic heterocycles. The molecule has 2 nitrogen and oxygen atoms in total. The van der Waals surface area contributed by atoms with Crippen molar-refractivity contribution in [3.63, 3.8) is 0 Å². The van der Waals surface area contributed by atoms with Crippen LogP contribution in [-0.4, -0.2) is 23.6 Å². The zero-order valence-electron chi connectivity index (χ0n) is 26.7. The molecule has 2 aliphatic carbocycles. The van der Waals surface area contributed by atoms with Gasteiger partial charge < -0.3 is 4.74 Å². The van der Waals surface area contributed by atoms with Gasteiger partial charge in [-0.25, -0.2) is 0 Å². The molecular weight excluding hydrogens is 498 g/mol. The van der Waals surface area contributed by atoms with E-state index in [-0.39, 0.29) is 0 Å². The first-order valence-corrected chi connectivity index (χ1v) is 16.7. The average molecular weight is 554 g/mol. The Kier molecular flexibility index (Phi) is 10.1. The molecule has 222 valence electrons. The highest BCUT2D eigenvalue weighted by Gasteiger charge is 2.42. The number of nitrogens with zero attached hydrogens (tertiary/aromatic N) is 1. The lowest BCUT2D eigenvalue weighted by atomic mass is 9.69. The standard InChI is InChI=1S/C39H55NO/c1-27(2)34-20-18-29(5)24-37(34)40(38-25-30(6)19-21-35(38)28(3)4)26-33-14-8-7-12-31(33)22-23-41-39-17-11-15-32-13-9-10-16-36(32)39/h7-17,27-30,34-35,37-38H,18-26H2,1-6H3. The minimum Gasteiger partial charge on any atom is -0.493 e. The van der Waals surface area contributed by atoms with E-state index in [2.05, 4.69) is 113 Å². The molecule has 0 N–H and O–H groups in total. The van der Waals surface area contributed by atoms with Gasteiger partial charge in [0, 0.05) is 30.4 Å². The number of fused-ring (bicyclic) bond motifs is 1. The van der Waals surface area contributed by atoms with Crippen LogP contribution in [0.1, 0.15) is 91.2 Å². The summed E-state index contributed by atoms with van der Waals surface area (Å²) in [6.07, 6.45) is 9.20. The Balaban J connectivity index is 1.41. The number of rotatable bonds is 10. The van der Waals surface area contributed by atoms with Crippen LogP contribution >= 0.6 is 0 Å². The summed E-state index contributed by atoms with van der Waals surface area (Å²) in [5, 5.41) is 2.44. The first-order chi connectivity index (χ1) is 19.8. The van der Waals surface area contributed by atoms with Crippen molar-refractivity contribution < 1.29 is 4.74 Å². The quantitative estimate of drug-likeness (QED) is 0.248. The Morgan fingerprint density at radius 3 is 1.88 bits per heavy atom. The molecule has 0 aliphatic heterocycles. The zero-order chi connectivity index (χ0) is 28.9. The highest BCUT2D eigenvalue weighted by Crippen LogP contribution is 2.43. The second-order valence-electron chi connectivity index (χ2n) is 14.3. The van der Waals surface area contributed by atoms with Gasteiger partial charge in [-0.3, -0.25) is 4.90 Å². The molecule has 0 spiro atoms. The van der Waals surface area contributed by atoms with Gasteiger partial charge in [-0.05, 0) is 83.8 Å². The van der Waals surface area contributed by atoms with Crippen molar-refractivity contribution in [2.45, 2.75) is 105 Å². The van der Waals surface area contributed by atoms with Gasteiger partial charge in [0.2, 0.25) is 0 Å². The summed E-state index contributed by atoms with van der Waals surface area (Å²) < 4.78 is 6.43. The molecule has 2 heteroatoms. The van der Waals surface area contributed by atoms with Crippen LogP contribution in [0.25, 0.3) is 10.8 Å². The third kappa shape index (κ3) is 7.19. The number of ether oxygens (including phenoxy) is 1. The van der Waals surface area contributed by atoms with Crippen LogP contribution in [0.3, 0.4) is 0 Å². The predicted octanol–water partition coefficient (Wildman–Crippen LogP) is 10.2. The minimum atomic E-state index is 0.676. The fraction of sp³-hybridized carbons (Fsp3) is 0.590. The van der Waals surface area contributed by atoms with Crippen LogP contribution < -0.4 is 4.74 Å². The van der Waals surface area contributed by atoms with Gasteiger partial charge >= 0.3 is 0 Å². The fourth-order valence-corrected chi connectivity index (χ4v) is 8.29. The molecule has 2 fully saturated rings. The highest BCUT2D eigenvalue weighted by atomic mass is 16.5. The number of hydrogen-bond acceptors (Lipinski definition) is 2. The van der Waals surface area contributed by atoms with Crippen molar-refractivity contribution in [3.8, 4) is 5.75 Å². The Hall–Kier alpha value is -2.32. The van der Waals surface area contributed by atoms with Gasteiger partial charge in [0.25, 0.3) is 0 Å². The summed E-state index contributed by atoms with van der Waals surface area (Å²) in [5.41, 5.74) is 2.96. The van der Waals surface area contributed by atoms with E-state index in [4.69, 9.17) is 4.74 Å². The molecule has 0 amide bonds. The molecule has 5 rings (SSSR count). The van der Waals surface area contributed by atoms with Gasteiger partial charge in [-0.2, -0.15) is 0 Å². The number of hydrogen-bond donors (Lipinski definition) is 0. The van der Waals surface area contributed by atoms with Crippen molar-refractivity contribution in [2.75, 3.05) is 6.61 Å². The van der Waals surface area contributed by atoms with Gasteiger partial charge in [-0.15, -0.1) is 0 Å². The first kappa shape index (κ1) is 30.1. The smallest absolute Gasteiger partial charge is 0.127 e. The topological polar surface area (TPSA) is 12.5 Å². The second kappa shape index (κ2) is 13.8. The molecular formula is C39H55NO. The van der Waals surface area contributed by atoms with Crippen molar-refractivity contribution in [2.24, 2.45) is 35.5 Å². The molecule has 0 bridgehead atoms. The Morgan fingerprint density at radius 2 is 1.24 bits per heavy atom. The van der Waals surface area contributed by atoms with Crippen LogP contribution in [0.4, 0.5) is 0 Å². The first-order valence-electron chi connectivity index (χ1n) is 16.7. The maximum absolute atomic E-state index is 6.43. The van der Waals surface area contributed by atoms with Crippen molar-refractivity contribution in [3.05, 3.63) is 77.9 Å². The molecule has 6 unspecified atom stereocenters. The van der Waals surface area contributed by atoms with Crippen LogP contribution in [0.2, 0.25) is 0 Å². The lowest BCUT2D eigenvalue weighted by Crippen LogP contribution is -2.54. The molecule has 0 heterocycles. The van der Waals surface area contributed by atoms with Gasteiger partial charge in [0.15, 0.2) is 0 Å². The Bertz CT molecular complexity index is 1210. The summed E-state index contributed by atoms with van der Waals surface area (Å²) >= 11 is 0. The van der Waals surface area contributed by atoms with E-state index >= 15 is 0 Å². The van der Waals surface area contributed by atoms with Crippen LogP contribution in [0, 0.1) is 35.5 Å². The summed E-state index contributed by atoms with van der Waals surface area (Å²) in [7, 11) is 0. The van der Waals surface area contributed by atoms with Gasteiger partial charge in [0.1, 0.15) is 5.75 Å². The van der Waals surface area contributed by atoms with Crippen LogP contribution in [0.15, 0.2) is 66.7 Å². The Labute approximate surface area is 250 Å². The van der Waals surface area contributed by atoms with Gasteiger partial charge in [0.05, 0.1) is 6.61 Å². The zero-order valence-corrected chi connectivity index (χ0v) is 26.7. The van der Waals surface area contributed by atoms with E-state index in [1.165, 1.54) is 60.4 Å². The Morgan fingerprint density at radius 1 is 0.683 bits per heavy atom. The highest BCUT2D eigenvalue weighted by molar-refractivity contribution is 5.88. The lowest BCUT2D eigenvalue weighted by molar-refractivity contribution is -0.0284. The van der Waals surface area contributed by atoms with E-state index in [1.807, 2.05) is 0 Å². The monoisotopic (exact) mass is 553 g/mol. The summed E-state index contributed by atoms with van der Waals surface area (Å²) in [4.78, 5) is 3.06. The lowest BCUT2D eigenvalue weighted by Gasteiger charge is -2.52. The summed E-state index contributed by atoms with van der Waals surface area (Å²) in [6, 6.07) is 25.5. The minimum absolute atomic E-state index is 0.676. The van der Waals surface area contributed by atoms with Crippen molar-refractivity contribution in [1.82, 2.24) is 4.90 Å². The molecule has 0 saturated heterocycles. The SMILES string of the molecule is CC1CCC(C(C)C)C(N(Cc2ccccc2CCOc2cccc3ccccc23)C2CC(C)CCC2C(C)C)C1. The van der Waals surface area contributed by atoms with Crippen LogP contribution in [-0.2, 0) is 13.0 Å². The fourth-order valence-electron chi connectivity index (χ4n) is 8.29. The number of benzene rings is 3. The second-order valence-corrected chi connectivity index (χ2v) is 14.3. The predicted molar refractivity (Wildman–Crippen MR) is 175 cm³/mol. The van der Waals surface area contributed by atoms with E-state index < -0.39 is 0 Å². The average Bonchev–Trinajstić information content (AvgIpc) is 2.96. The van der Waals surface area contributed by atoms with Crippen molar-refractivity contribution >= 4 is 10.8 Å². The normalized spacial score (nSPS) is 27.1.